The summed E-state index contributed by atoms with van der Waals surface area (Å²) in [5, 5.41) is 17.9. The van der Waals surface area contributed by atoms with E-state index in [1.807, 2.05) is 22.9 Å². The molecule has 0 atom stereocenters. The van der Waals surface area contributed by atoms with Crippen LogP contribution >= 0.6 is 11.6 Å². The Bertz CT molecular complexity index is 940. The van der Waals surface area contributed by atoms with Gasteiger partial charge in [0, 0.05) is 36.6 Å². The molecule has 6 heteroatoms. The van der Waals surface area contributed by atoms with Gasteiger partial charge in [0.05, 0.1) is 22.8 Å². The topological polar surface area (TPSA) is 66.5 Å². The number of benzene rings is 1. The van der Waals surface area contributed by atoms with Crippen LogP contribution in [0.15, 0.2) is 42.7 Å². The number of hydrogen-bond acceptors (Lipinski definition) is 4. The first-order valence-corrected chi connectivity index (χ1v) is 8.06. The van der Waals surface area contributed by atoms with Crippen LogP contribution in [0.2, 0.25) is 5.02 Å². The maximum atomic E-state index is 9.26. The molecule has 3 aromatic rings. The van der Waals surface area contributed by atoms with E-state index in [0.29, 0.717) is 10.6 Å². The number of pyridine rings is 1. The van der Waals surface area contributed by atoms with Crippen molar-refractivity contribution in [3.8, 4) is 28.5 Å². The first-order chi connectivity index (χ1) is 11.8. The second-order valence-electron chi connectivity index (χ2n) is 5.61. The van der Waals surface area contributed by atoms with E-state index in [2.05, 4.69) is 16.4 Å². The molecule has 0 bridgehead atoms. The van der Waals surface area contributed by atoms with Gasteiger partial charge < -0.3 is 5.32 Å². The molecule has 24 heavy (non-hydrogen) atoms. The number of halogens is 1. The van der Waals surface area contributed by atoms with Crippen LogP contribution in [0.1, 0.15) is 11.3 Å². The minimum atomic E-state index is 0.456. The minimum Gasteiger partial charge on any atom is -0.309 e. The van der Waals surface area contributed by atoms with Crippen molar-refractivity contribution in [1.82, 2.24) is 20.1 Å². The van der Waals surface area contributed by atoms with Crippen LogP contribution in [-0.4, -0.2) is 21.3 Å². The minimum absolute atomic E-state index is 0.456. The van der Waals surface area contributed by atoms with E-state index < -0.39 is 0 Å². The fourth-order valence-electron chi connectivity index (χ4n) is 3.04. The Balaban J connectivity index is 1.96. The molecule has 1 aromatic carbocycles. The van der Waals surface area contributed by atoms with E-state index in [0.717, 1.165) is 47.7 Å². The van der Waals surface area contributed by atoms with Crippen molar-refractivity contribution in [1.29, 1.82) is 5.26 Å². The molecule has 0 radical (unpaired) electrons. The van der Waals surface area contributed by atoms with Gasteiger partial charge in [0.2, 0.25) is 0 Å². The van der Waals surface area contributed by atoms with Gasteiger partial charge >= 0.3 is 0 Å². The number of hydrogen-bond donors (Lipinski definition) is 1. The SMILES string of the molecule is N#Cc1cc(-c2nn3c(c2-c2ccncc2)CNCC3)ccc1Cl. The molecular formula is C18H14ClN5. The Morgan fingerprint density at radius 2 is 2.00 bits per heavy atom. The quantitative estimate of drug-likeness (QED) is 0.780. The molecule has 1 aliphatic heterocycles. The lowest BCUT2D eigenvalue weighted by atomic mass is 9.98. The first-order valence-electron chi connectivity index (χ1n) is 7.69. The summed E-state index contributed by atoms with van der Waals surface area (Å²) in [6, 6.07) is 11.6. The van der Waals surface area contributed by atoms with Crippen LogP contribution in [0, 0.1) is 11.3 Å². The molecular weight excluding hydrogens is 322 g/mol. The van der Waals surface area contributed by atoms with E-state index in [-0.39, 0.29) is 0 Å². The highest BCUT2D eigenvalue weighted by Crippen LogP contribution is 2.36. The van der Waals surface area contributed by atoms with Crippen LogP contribution in [-0.2, 0) is 13.1 Å². The van der Waals surface area contributed by atoms with E-state index in [9.17, 15) is 5.26 Å². The van der Waals surface area contributed by atoms with Crippen molar-refractivity contribution in [2.75, 3.05) is 6.54 Å². The lowest BCUT2D eigenvalue weighted by Gasteiger charge is -2.16. The number of rotatable bonds is 2. The molecule has 0 aliphatic carbocycles. The third kappa shape index (κ3) is 2.46. The summed E-state index contributed by atoms with van der Waals surface area (Å²) in [7, 11) is 0. The zero-order valence-corrected chi connectivity index (χ0v) is 13.6. The summed E-state index contributed by atoms with van der Waals surface area (Å²) >= 11 is 6.08. The van der Waals surface area contributed by atoms with Crippen molar-refractivity contribution in [3.63, 3.8) is 0 Å². The summed E-state index contributed by atoms with van der Waals surface area (Å²) in [6.45, 7) is 2.49. The van der Waals surface area contributed by atoms with Gasteiger partial charge in [-0.25, -0.2) is 0 Å². The number of nitrogens with zero attached hydrogens (tertiary/aromatic N) is 4. The average molecular weight is 336 g/mol. The van der Waals surface area contributed by atoms with Gasteiger partial charge in [-0.3, -0.25) is 9.67 Å². The fraction of sp³-hybridized carbons (Fsp3) is 0.167. The molecule has 0 saturated heterocycles. The number of fused-ring (bicyclic) bond motifs is 1. The molecule has 5 nitrogen and oxygen atoms in total. The molecule has 3 heterocycles. The lowest BCUT2D eigenvalue weighted by Crippen LogP contribution is -2.28. The largest absolute Gasteiger partial charge is 0.309 e. The third-order valence-corrected chi connectivity index (χ3v) is 4.51. The molecule has 0 amide bonds. The Morgan fingerprint density at radius 1 is 1.17 bits per heavy atom. The third-order valence-electron chi connectivity index (χ3n) is 4.18. The molecule has 0 fully saturated rings. The second-order valence-corrected chi connectivity index (χ2v) is 6.02. The first kappa shape index (κ1) is 14.9. The highest BCUT2D eigenvalue weighted by Gasteiger charge is 2.22. The maximum absolute atomic E-state index is 9.26. The van der Waals surface area contributed by atoms with E-state index in [4.69, 9.17) is 16.7 Å². The molecule has 1 N–H and O–H groups in total. The van der Waals surface area contributed by atoms with Gasteiger partial charge in [0.25, 0.3) is 0 Å². The average Bonchev–Trinajstić information content (AvgIpc) is 3.02. The highest BCUT2D eigenvalue weighted by molar-refractivity contribution is 6.31. The Labute approximate surface area is 144 Å². The highest BCUT2D eigenvalue weighted by atomic mass is 35.5. The standard InChI is InChI=1S/C18H14ClN5/c19-15-2-1-13(9-14(15)10-20)18-17(12-3-5-21-6-4-12)16-11-22-7-8-24(16)23-18/h1-6,9,22H,7-8,11H2. The van der Waals surface area contributed by atoms with Crippen LogP contribution in [0.4, 0.5) is 0 Å². The summed E-state index contributed by atoms with van der Waals surface area (Å²) in [5.74, 6) is 0. The molecule has 118 valence electrons. The van der Waals surface area contributed by atoms with Crippen molar-refractivity contribution in [2.45, 2.75) is 13.1 Å². The fourth-order valence-corrected chi connectivity index (χ4v) is 3.20. The number of aromatic nitrogens is 3. The Hall–Kier alpha value is -2.68. The van der Waals surface area contributed by atoms with Gasteiger partial charge in [0.1, 0.15) is 11.8 Å². The summed E-state index contributed by atoms with van der Waals surface area (Å²) in [4.78, 5) is 4.11. The van der Waals surface area contributed by atoms with E-state index >= 15 is 0 Å². The van der Waals surface area contributed by atoms with Crippen LogP contribution < -0.4 is 5.32 Å². The van der Waals surface area contributed by atoms with Gasteiger partial charge in [-0.1, -0.05) is 17.7 Å². The van der Waals surface area contributed by atoms with Crippen molar-refractivity contribution in [3.05, 3.63) is 59.0 Å². The van der Waals surface area contributed by atoms with Crippen LogP contribution in [0.3, 0.4) is 0 Å². The summed E-state index contributed by atoms with van der Waals surface area (Å²) < 4.78 is 2.04. The predicted molar refractivity (Wildman–Crippen MR) is 92.3 cm³/mol. The van der Waals surface area contributed by atoms with Gasteiger partial charge in [-0.2, -0.15) is 10.4 Å². The smallest absolute Gasteiger partial charge is 0.101 e. The van der Waals surface area contributed by atoms with Crippen LogP contribution in [0.5, 0.6) is 0 Å². The van der Waals surface area contributed by atoms with Gasteiger partial charge in [0.15, 0.2) is 0 Å². The lowest BCUT2D eigenvalue weighted by molar-refractivity contribution is 0.477. The van der Waals surface area contributed by atoms with E-state index in [1.54, 1.807) is 24.5 Å². The molecule has 0 spiro atoms. The molecule has 2 aromatic heterocycles. The van der Waals surface area contributed by atoms with Crippen molar-refractivity contribution < 1.29 is 0 Å². The van der Waals surface area contributed by atoms with Gasteiger partial charge in [-0.15, -0.1) is 0 Å². The van der Waals surface area contributed by atoms with Crippen molar-refractivity contribution >= 4 is 11.6 Å². The van der Waals surface area contributed by atoms with E-state index in [1.165, 1.54) is 0 Å². The number of nitriles is 1. The Morgan fingerprint density at radius 3 is 2.79 bits per heavy atom. The van der Waals surface area contributed by atoms with Crippen molar-refractivity contribution in [2.24, 2.45) is 0 Å². The maximum Gasteiger partial charge on any atom is 0.101 e. The zero-order valence-electron chi connectivity index (χ0n) is 12.8. The summed E-state index contributed by atoms with van der Waals surface area (Å²) in [6.07, 6.45) is 3.56. The van der Waals surface area contributed by atoms with Gasteiger partial charge in [-0.05, 0) is 29.8 Å². The van der Waals surface area contributed by atoms with Crippen LogP contribution in [0.25, 0.3) is 22.4 Å². The molecule has 0 unspecified atom stereocenters. The normalized spacial score (nSPS) is 13.3. The molecule has 1 aliphatic rings. The second kappa shape index (κ2) is 6.08. The monoisotopic (exact) mass is 335 g/mol. The molecule has 4 rings (SSSR count). The predicted octanol–water partition coefficient (Wildman–Crippen LogP) is 3.24. The molecule has 0 saturated carbocycles. The number of nitrogens with one attached hydrogen (secondary N) is 1. The Kier molecular flexibility index (Phi) is 3.77. The zero-order chi connectivity index (χ0) is 16.5. The summed E-state index contributed by atoms with van der Waals surface area (Å²) in [5.41, 5.74) is 5.52.